The Kier molecular flexibility index (Phi) is 4.53. The molecule has 0 unspecified atom stereocenters. The van der Waals surface area contributed by atoms with Crippen LogP contribution in [0.4, 0.5) is 0 Å². The van der Waals surface area contributed by atoms with E-state index in [0.29, 0.717) is 29.2 Å². The fourth-order valence-electron chi connectivity index (χ4n) is 2.83. The zero-order valence-corrected chi connectivity index (χ0v) is 15.6. The minimum atomic E-state index is -3.60. The van der Waals surface area contributed by atoms with E-state index < -0.39 is 10.0 Å². The molecule has 1 heterocycles. The van der Waals surface area contributed by atoms with Crippen molar-refractivity contribution < 1.29 is 22.7 Å². The van der Waals surface area contributed by atoms with Gasteiger partial charge in [0.2, 0.25) is 16.8 Å². The van der Waals surface area contributed by atoms with Crippen molar-refractivity contribution in [3.63, 3.8) is 0 Å². The Bertz CT molecular complexity index is 999. The van der Waals surface area contributed by atoms with Crippen molar-refractivity contribution in [2.75, 3.05) is 6.79 Å². The van der Waals surface area contributed by atoms with Gasteiger partial charge in [-0.05, 0) is 55.2 Å². The van der Waals surface area contributed by atoms with E-state index in [4.69, 9.17) is 9.47 Å². The maximum Gasteiger partial charge on any atom is 0.251 e. The van der Waals surface area contributed by atoms with Crippen LogP contribution in [0.5, 0.6) is 11.5 Å². The van der Waals surface area contributed by atoms with Crippen molar-refractivity contribution in [2.24, 2.45) is 0 Å². The fourth-order valence-corrected chi connectivity index (χ4v) is 4.16. The van der Waals surface area contributed by atoms with Gasteiger partial charge in [0.05, 0.1) is 4.90 Å². The van der Waals surface area contributed by atoms with Gasteiger partial charge in [-0.2, -0.15) is 0 Å². The van der Waals surface area contributed by atoms with Gasteiger partial charge in [0.15, 0.2) is 11.5 Å². The van der Waals surface area contributed by atoms with Gasteiger partial charge in [-0.1, -0.05) is 12.1 Å². The molecule has 7 nitrogen and oxygen atoms in total. The molecule has 27 heavy (non-hydrogen) atoms. The molecule has 2 aliphatic rings. The maximum absolute atomic E-state index is 12.6. The smallest absolute Gasteiger partial charge is 0.251 e. The van der Waals surface area contributed by atoms with E-state index >= 15 is 0 Å². The Hall–Kier alpha value is -2.58. The number of hydrogen-bond donors (Lipinski definition) is 2. The molecule has 8 heteroatoms. The zero-order valence-electron chi connectivity index (χ0n) is 14.8. The number of carbonyl (C=O) groups excluding carboxylic acids is 1. The lowest BCUT2D eigenvalue weighted by molar-refractivity contribution is 0.0950. The van der Waals surface area contributed by atoms with Crippen molar-refractivity contribution in [1.82, 2.24) is 10.0 Å². The first-order valence-electron chi connectivity index (χ1n) is 8.72. The average Bonchev–Trinajstić information content (AvgIpc) is 3.31. The average molecular weight is 388 g/mol. The third-order valence-corrected chi connectivity index (χ3v) is 6.07. The molecule has 0 atom stereocenters. The highest BCUT2D eigenvalue weighted by molar-refractivity contribution is 7.89. The number of sulfonamides is 1. The van der Waals surface area contributed by atoms with Gasteiger partial charge in [-0.15, -0.1) is 0 Å². The van der Waals surface area contributed by atoms with E-state index in [1.54, 1.807) is 19.1 Å². The number of carbonyl (C=O) groups is 1. The van der Waals surface area contributed by atoms with Crippen molar-refractivity contribution in [3.05, 3.63) is 53.1 Å². The molecule has 0 spiro atoms. The Labute approximate surface area is 157 Å². The SMILES string of the molecule is Cc1ccc(S(=O)(=O)NC2CC2)cc1C(=O)NCc1ccc2c(c1)OCO2. The molecule has 1 aliphatic heterocycles. The largest absolute Gasteiger partial charge is 0.454 e. The van der Waals surface area contributed by atoms with Gasteiger partial charge < -0.3 is 14.8 Å². The standard InChI is InChI=1S/C19H20N2O5S/c1-12-2-6-15(27(23,24)21-14-4-5-14)9-16(12)19(22)20-10-13-3-7-17-18(8-13)26-11-25-17/h2-3,6-9,14,21H,4-5,10-11H2,1H3,(H,20,22). The van der Waals surface area contributed by atoms with Gasteiger partial charge >= 0.3 is 0 Å². The Morgan fingerprint density at radius 3 is 2.67 bits per heavy atom. The molecule has 2 aromatic carbocycles. The molecule has 1 aliphatic carbocycles. The molecule has 0 aromatic heterocycles. The number of hydrogen-bond acceptors (Lipinski definition) is 5. The van der Waals surface area contributed by atoms with E-state index in [1.807, 2.05) is 12.1 Å². The van der Waals surface area contributed by atoms with Gasteiger partial charge in [-0.3, -0.25) is 4.79 Å². The molecule has 0 radical (unpaired) electrons. The quantitative estimate of drug-likeness (QED) is 0.790. The second kappa shape index (κ2) is 6.86. The summed E-state index contributed by atoms with van der Waals surface area (Å²) >= 11 is 0. The van der Waals surface area contributed by atoms with Crippen LogP contribution in [0.3, 0.4) is 0 Å². The number of benzene rings is 2. The lowest BCUT2D eigenvalue weighted by Gasteiger charge is -2.11. The molecule has 1 saturated carbocycles. The molecule has 142 valence electrons. The van der Waals surface area contributed by atoms with Gasteiger partial charge in [0, 0.05) is 18.2 Å². The molecule has 0 bridgehead atoms. The van der Waals surface area contributed by atoms with Crippen LogP contribution in [0.2, 0.25) is 0 Å². The summed E-state index contributed by atoms with van der Waals surface area (Å²) in [7, 11) is -3.60. The van der Waals surface area contributed by atoms with E-state index in [0.717, 1.165) is 18.4 Å². The molecule has 0 saturated heterocycles. The molecule has 1 amide bonds. The van der Waals surface area contributed by atoms with Crippen molar-refractivity contribution in [2.45, 2.75) is 37.2 Å². The number of fused-ring (bicyclic) bond motifs is 1. The fraction of sp³-hybridized carbons (Fsp3) is 0.316. The molecular weight excluding hydrogens is 368 g/mol. The Balaban J connectivity index is 1.48. The third-order valence-electron chi connectivity index (χ3n) is 4.55. The number of ether oxygens (including phenoxy) is 2. The lowest BCUT2D eigenvalue weighted by Crippen LogP contribution is -2.27. The van der Waals surface area contributed by atoms with Crippen molar-refractivity contribution in [1.29, 1.82) is 0 Å². The third kappa shape index (κ3) is 3.91. The van der Waals surface area contributed by atoms with Crippen LogP contribution in [0, 0.1) is 6.92 Å². The summed E-state index contributed by atoms with van der Waals surface area (Å²) in [5, 5.41) is 2.83. The van der Waals surface area contributed by atoms with E-state index in [9.17, 15) is 13.2 Å². The predicted molar refractivity (Wildman–Crippen MR) is 98.3 cm³/mol. The maximum atomic E-state index is 12.6. The molecule has 2 N–H and O–H groups in total. The first kappa shape index (κ1) is 17.8. The molecule has 1 fully saturated rings. The Morgan fingerprint density at radius 2 is 1.89 bits per heavy atom. The zero-order chi connectivity index (χ0) is 19.0. The van der Waals surface area contributed by atoms with Crippen LogP contribution in [-0.4, -0.2) is 27.2 Å². The van der Waals surface area contributed by atoms with Crippen LogP contribution in [0.25, 0.3) is 0 Å². The monoisotopic (exact) mass is 388 g/mol. The van der Waals surface area contributed by atoms with Crippen molar-refractivity contribution in [3.8, 4) is 11.5 Å². The normalized spacial score (nSPS) is 15.6. The number of amides is 1. The summed E-state index contributed by atoms with van der Waals surface area (Å²) in [6.45, 7) is 2.27. The highest BCUT2D eigenvalue weighted by atomic mass is 32.2. The highest BCUT2D eigenvalue weighted by Crippen LogP contribution is 2.32. The minimum absolute atomic E-state index is 0.0135. The summed E-state index contributed by atoms with van der Waals surface area (Å²) in [6.07, 6.45) is 1.71. The van der Waals surface area contributed by atoms with Crippen LogP contribution in [0.1, 0.15) is 34.3 Å². The summed E-state index contributed by atoms with van der Waals surface area (Å²) in [6, 6.07) is 10.1. The second-order valence-corrected chi connectivity index (χ2v) is 8.46. The van der Waals surface area contributed by atoms with Gasteiger partial charge in [0.25, 0.3) is 5.91 Å². The Morgan fingerprint density at radius 1 is 1.11 bits per heavy atom. The van der Waals surface area contributed by atoms with Gasteiger partial charge in [0.1, 0.15) is 0 Å². The summed E-state index contributed by atoms with van der Waals surface area (Å²) < 4.78 is 38.0. The number of rotatable bonds is 6. The van der Waals surface area contributed by atoms with Crippen LogP contribution < -0.4 is 19.5 Å². The minimum Gasteiger partial charge on any atom is -0.454 e. The topological polar surface area (TPSA) is 93.7 Å². The van der Waals surface area contributed by atoms with Crippen LogP contribution in [0.15, 0.2) is 41.3 Å². The predicted octanol–water partition coefficient (Wildman–Crippen LogP) is 2.09. The van der Waals surface area contributed by atoms with E-state index in [-0.39, 0.29) is 23.6 Å². The molecule has 4 rings (SSSR count). The van der Waals surface area contributed by atoms with Crippen LogP contribution in [-0.2, 0) is 16.6 Å². The van der Waals surface area contributed by atoms with Gasteiger partial charge in [-0.25, -0.2) is 13.1 Å². The lowest BCUT2D eigenvalue weighted by atomic mass is 10.1. The highest BCUT2D eigenvalue weighted by Gasteiger charge is 2.28. The first-order chi connectivity index (χ1) is 12.9. The first-order valence-corrected chi connectivity index (χ1v) is 10.2. The summed E-state index contributed by atoms with van der Waals surface area (Å²) in [5.41, 5.74) is 1.92. The van der Waals surface area contributed by atoms with Crippen LogP contribution >= 0.6 is 0 Å². The summed E-state index contributed by atoms with van der Waals surface area (Å²) in [5.74, 6) is 1.01. The van der Waals surface area contributed by atoms with Crippen molar-refractivity contribution >= 4 is 15.9 Å². The molecule has 2 aromatic rings. The van der Waals surface area contributed by atoms with E-state index in [1.165, 1.54) is 12.1 Å². The van der Waals surface area contributed by atoms with E-state index in [2.05, 4.69) is 10.0 Å². The summed E-state index contributed by atoms with van der Waals surface area (Å²) in [4.78, 5) is 12.7. The number of aryl methyl sites for hydroxylation is 1. The number of nitrogens with one attached hydrogen (secondary N) is 2. The second-order valence-electron chi connectivity index (χ2n) is 6.74. The molecular formula is C19H20N2O5S.